The summed E-state index contributed by atoms with van der Waals surface area (Å²) in [6.07, 6.45) is 2.13. The van der Waals surface area contributed by atoms with Crippen molar-refractivity contribution in [1.29, 1.82) is 0 Å². The number of aromatic hydroxyl groups is 1. The molecule has 0 saturated carbocycles. The number of phenols is 1. The molecular weight excluding hydrogens is 355 g/mol. The molecule has 19 heavy (non-hydrogen) atoms. The maximum Gasteiger partial charge on any atom is 0.257 e. The number of hydrogen-bond donors (Lipinski definition) is 1. The summed E-state index contributed by atoms with van der Waals surface area (Å²) in [4.78, 5) is 16.5. The highest BCUT2D eigenvalue weighted by Crippen LogP contribution is 2.23. The van der Waals surface area contributed by atoms with E-state index in [0.29, 0.717) is 5.56 Å². The van der Waals surface area contributed by atoms with E-state index in [0.717, 1.165) is 29.5 Å². The van der Waals surface area contributed by atoms with Gasteiger partial charge in [0.25, 0.3) is 5.91 Å². The van der Waals surface area contributed by atoms with Gasteiger partial charge in [0.05, 0.1) is 5.56 Å². The van der Waals surface area contributed by atoms with Crippen LogP contribution in [-0.2, 0) is 0 Å². The lowest BCUT2D eigenvalue weighted by atomic mass is 10.0. The van der Waals surface area contributed by atoms with E-state index in [2.05, 4.69) is 34.5 Å². The minimum absolute atomic E-state index is 0.0569. The van der Waals surface area contributed by atoms with Crippen LogP contribution in [0, 0.1) is 3.57 Å². The molecule has 1 aliphatic heterocycles. The van der Waals surface area contributed by atoms with E-state index in [4.69, 9.17) is 0 Å². The van der Waals surface area contributed by atoms with Crippen LogP contribution in [0.3, 0.4) is 0 Å². The first kappa shape index (κ1) is 14.6. The molecule has 0 aliphatic carbocycles. The number of hydrogen-bond acceptors (Lipinski definition) is 3. The fraction of sp³-hybridized carbons (Fsp3) is 0.500. The summed E-state index contributed by atoms with van der Waals surface area (Å²) in [6.45, 7) is 1.99. The SMILES string of the molecule is CN1CCCC(N(C)C(=O)c2cc(I)ccc2O)C1. The maximum absolute atomic E-state index is 12.5. The first-order chi connectivity index (χ1) is 8.99. The van der Waals surface area contributed by atoms with Crippen molar-refractivity contribution in [3.8, 4) is 5.75 Å². The van der Waals surface area contributed by atoms with Gasteiger partial charge in [0, 0.05) is 23.2 Å². The van der Waals surface area contributed by atoms with Crippen LogP contribution in [0.25, 0.3) is 0 Å². The summed E-state index contributed by atoms with van der Waals surface area (Å²) in [5, 5.41) is 9.84. The third kappa shape index (κ3) is 3.39. The highest BCUT2D eigenvalue weighted by molar-refractivity contribution is 14.1. The largest absolute Gasteiger partial charge is 0.507 e. The Kier molecular flexibility index (Phi) is 4.67. The molecule has 0 aromatic heterocycles. The van der Waals surface area contributed by atoms with Crippen molar-refractivity contribution in [3.63, 3.8) is 0 Å². The van der Waals surface area contributed by atoms with Gasteiger partial charge in [0.2, 0.25) is 0 Å². The molecule has 5 heteroatoms. The Bertz CT molecular complexity index is 479. The van der Waals surface area contributed by atoms with Gasteiger partial charge in [-0.2, -0.15) is 0 Å². The van der Waals surface area contributed by atoms with Gasteiger partial charge in [-0.25, -0.2) is 0 Å². The summed E-state index contributed by atoms with van der Waals surface area (Å²) < 4.78 is 0.952. The van der Waals surface area contributed by atoms with Crippen molar-refractivity contribution in [2.45, 2.75) is 18.9 Å². The van der Waals surface area contributed by atoms with Crippen molar-refractivity contribution in [1.82, 2.24) is 9.80 Å². The molecule has 1 unspecified atom stereocenters. The zero-order valence-electron chi connectivity index (χ0n) is 11.3. The molecule has 0 bridgehead atoms. The quantitative estimate of drug-likeness (QED) is 0.807. The molecule has 1 amide bonds. The number of nitrogens with zero attached hydrogens (tertiary/aromatic N) is 2. The molecule has 1 heterocycles. The molecule has 1 aromatic carbocycles. The van der Waals surface area contributed by atoms with Crippen LogP contribution in [0.2, 0.25) is 0 Å². The fourth-order valence-electron chi connectivity index (χ4n) is 2.49. The molecule has 104 valence electrons. The van der Waals surface area contributed by atoms with Crippen molar-refractivity contribution in [2.75, 3.05) is 27.2 Å². The fourth-order valence-corrected chi connectivity index (χ4v) is 2.98. The van der Waals surface area contributed by atoms with E-state index in [-0.39, 0.29) is 17.7 Å². The molecule has 1 N–H and O–H groups in total. The Labute approximate surface area is 127 Å². The van der Waals surface area contributed by atoms with Crippen LogP contribution in [-0.4, -0.2) is 54.0 Å². The number of carbonyl (C=O) groups is 1. The van der Waals surface area contributed by atoms with Crippen molar-refractivity contribution in [2.24, 2.45) is 0 Å². The number of carbonyl (C=O) groups excluding carboxylic acids is 1. The average molecular weight is 374 g/mol. The highest BCUT2D eigenvalue weighted by atomic mass is 127. The first-order valence-electron chi connectivity index (χ1n) is 6.43. The van der Waals surface area contributed by atoms with Gasteiger partial charge in [-0.15, -0.1) is 0 Å². The van der Waals surface area contributed by atoms with Crippen LogP contribution >= 0.6 is 22.6 Å². The zero-order valence-corrected chi connectivity index (χ0v) is 13.4. The summed E-state index contributed by atoms with van der Waals surface area (Å²) in [6, 6.07) is 5.33. The smallest absolute Gasteiger partial charge is 0.257 e. The number of piperidine rings is 1. The summed E-state index contributed by atoms with van der Waals surface area (Å²) in [5.41, 5.74) is 0.391. The second kappa shape index (κ2) is 6.09. The Morgan fingerprint density at radius 2 is 2.26 bits per heavy atom. The van der Waals surface area contributed by atoms with E-state index < -0.39 is 0 Å². The zero-order chi connectivity index (χ0) is 14.0. The summed E-state index contributed by atoms with van der Waals surface area (Å²) >= 11 is 2.15. The summed E-state index contributed by atoms with van der Waals surface area (Å²) in [7, 11) is 3.90. The second-order valence-electron chi connectivity index (χ2n) is 5.14. The van der Waals surface area contributed by atoms with E-state index in [1.165, 1.54) is 0 Å². The second-order valence-corrected chi connectivity index (χ2v) is 6.38. The lowest BCUT2D eigenvalue weighted by Gasteiger charge is -2.36. The van der Waals surface area contributed by atoms with E-state index in [9.17, 15) is 9.90 Å². The normalized spacial score (nSPS) is 20.3. The molecular formula is C14H19IN2O2. The van der Waals surface area contributed by atoms with Crippen molar-refractivity contribution < 1.29 is 9.90 Å². The minimum atomic E-state index is -0.101. The van der Waals surface area contributed by atoms with Gasteiger partial charge >= 0.3 is 0 Å². The molecule has 1 aliphatic rings. The van der Waals surface area contributed by atoms with Gasteiger partial charge in [0.15, 0.2) is 0 Å². The molecule has 1 saturated heterocycles. The molecule has 0 spiro atoms. The van der Waals surface area contributed by atoms with Gasteiger partial charge in [-0.1, -0.05) is 0 Å². The van der Waals surface area contributed by atoms with E-state index in [1.54, 1.807) is 23.1 Å². The Hall–Kier alpha value is -0.820. The lowest BCUT2D eigenvalue weighted by molar-refractivity contribution is 0.0641. The predicted molar refractivity (Wildman–Crippen MR) is 83.4 cm³/mol. The average Bonchev–Trinajstić information content (AvgIpc) is 2.40. The van der Waals surface area contributed by atoms with Crippen molar-refractivity contribution >= 4 is 28.5 Å². The van der Waals surface area contributed by atoms with E-state index in [1.807, 2.05) is 7.05 Å². The molecule has 1 aromatic rings. The van der Waals surface area contributed by atoms with Crippen LogP contribution in [0.15, 0.2) is 18.2 Å². The molecule has 2 rings (SSSR count). The van der Waals surface area contributed by atoms with Crippen LogP contribution in [0.4, 0.5) is 0 Å². The van der Waals surface area contributed by atoms with Crippen LogP contribution in [0.5, 0.6) is 5.75 Å². The first-order valence-corrected chi connectivity index (χ1v) is 7.51. The van der Waals surface area contributed by atoms with Gasteiger partial charge in [-0.3, -0.25) is 4.79 Å². The number of halogens is 1. The standard InChI is InChI=1S/C14H19IN2O2/c1-16-7-3-4-11(9-16)17(2)14(19)12-8-10(15)5-6-13(12)18/h5-6,8,11,18H,3-4,7,9H2,1-2H3. The molecule has 1 atom stereocenters. The monoisotopic (exact) mass is 374 g/mol. The minimum Gasteiger partial charge on any atom is -0.507 e. The maximum atomic E-state index is 12.5. The molecule has 0 radical (unpaired) electrons. The van der Waals surface area contributed by atoms with Crippen molar-refractivity contribution in [3.05, 3.63) is 27.3 Å². The van der Waals surface area contributed by atoms with Gasteiger partial charge in [0.1, 0.15) is 5.75 Å². The Morgan fingerprint density at radius 1 is 1.53 bits per heavy atom. The topological polar surface area (TPSA) is 43.8 Å². The predicted octanol–water partition coefficient (Wildman–Crippen LogP) is 2.16. The number of benzene rings is 1. The third-order valence-corrected chi connectivity index (χ3v) is 4.33. The highest BCUT2D eigenvalue weighted by Gasteiger charge is 2.26. The van der Waals surface area contributed by atoms with Crippen LogP contribution < -0.4 is 0 Å². The Balaban J connectivity index is 2.16. The van der Waals surface area contributed by atoms with Gasteiger partial charge < -0.3 is 14.9 Å². The molecule has 4 nitrogen and oxygen atoms in total. The number of likely N-dealkylation sites (N-methyl/N-ethyl adjacent to an activating group) is 2. The van der Waals surface area contributed by atoms with Crippen LogP contribution in [0.1, 0.15) is 23.2 Å². The summed E-state index contributed by atoms with van der Waals surface area (Å²) in [5.74, 6) is -0.0438. The number of rotatable bonds is 2. The number of amides is 1. The van der Waals surface area contributed by atoms with E-state index >= 15 is 0 Å². The van der Waals surface area contributed by atoms with Gasteiger partial charge in [-0.05, 0) is 67.2 Å². The number of likely N-dealkylation sites (tertiary alicyclic amines) is 1. The Morgan fingerprint density at radius 3 is 2.95 bits per heavy atom. The number of phenolic OH excluding ortho intramolecular Hbond substituents is 1. The third-order valence-electron chi connectivity index (χ3n) is 3.66. The lowest BCUT2D eigenvalue weighted by Crippen LogP contribution is -2.47. The molecule has 1 fully saturated rings.